The molecular formula is C17H16BBrF7NS. The van der Waals surface area contributed by atoms with Crippen molar-refractivity contribution in [3.63, 3.8) is 0 Å². The van der Waals surface area contributed by atoms with Crippen LogP contribution in [0, 0.1) is 17.2 Å². The fourth-order valence-electron chi connectivity index (χ4n) is 3.02. The van der Waals surface area contributed by atoms with Crippen LogP contribution in [0.5, 0.6) is 0 Å². The summed E-state index contributed by atoms with van der Waals surface area (Å²) in [6.45, 7) is 1.95. The van der Waals surface area contributed by atoms with Crippen molar-refractivity contribution < 1.29 is 30.7 Å². The predicted molar refractivity (Wildman–Crippen MR) is 103 cm³/mol. The average Bonchev–Trinajstić information content (AvgIpc) is 2.51. The highest BCUT2D eigenvalue weighted by molar-refractivity contribution is 9.10. The molecule has 0 fully saturated rings. The summed E-state index contributed by atoms with van der Waals surface area (Å²) in [5.74, 6) is -0.934. The summed E-state index contributed by atoms with van der Waals surface area (Å²) in [7, 11) is 0.325. The molecule has 1 aliphatic rings. The van der Waals surface area contributed by atoms with Gasteiger partial charge in [0.1, 0.15) is 5.82 Å². The molecule has 154 valence electrons. The Hall–Kier alpha value is -0.965. The molecule has 0 saturated carbocycles. The molecule has 1 unspecified atom stereocenters. The normalized spacial score (nSPS) is 18.7. The lowest BCUT2D eigenvalue weighted by molar-refractivity contribution is -0.336. The van der Waals surface area contributed by atoms with E-state index in [4.69, 9.17) is 12.2 Å². The molecule has 1 heterocycles. The van der Waals surface area contributed by atoms with Gasteiger partial charge in [-0.15, -0.1) is 0 Å². The zero-order valence-corrected chi connectivity index (χ0v) is 17.3. The molecule has 11 heteroatoms. The zero-order chi connectivity index (χ0) is 21.5. The van der Waals surface area contributed by atoms with Crippen LogP contribution >= 0.6 is 28.1 Å². The minimum Gasteiger partial charge on any atom is -0.343 e. The van der Waals surface area contributed by atoms with E-state index in [2.05, 4.69) is 20.8 Å². The third kappa shape index (κ3) is 4.61. The van der Waals surface area contributed by atoms with Crippen molar-refractivity contribution in [2.24, 2.45) is 16.2 Å². The summed E-state index contributed by atoms with van der Waals surface area (Å²) in [5.41, 5.74) is -3.13. The number of benzene rings is 1. The minimum atomic E-state index is -5.50. The van der Waals surface area contributed by atoms with Gasteiger partial charge in [-0.25, -0.2) is 4.39 Å². The smallest absolute Gasteiger partial charge is 0.343 e. The Balaban J connectivity index is 2.32. The molecule has 1 aliphatic heterocycles. The zero-order valence-electron chi connectivity index (χ0n) is 14.9. The van der Waals surface area contributed by atoms with Crippen LogP contribution < -0.4 is 0 Å². The van der Waals surface area contributed by atoms with Crippen molar-refractivity contribution in [1.82, 2.24) is 0 Å². The van der Waals surface area contributed by atoms with Crippen molar-refractivity contribution in [1.29, 1.82) is 0 Å². The van der Waals surface area contributed by atoms with E-state index in [0.717, 1.165) is 10.8 Å². The van der Waals surface area contributed by atoms with Crippen molar-refractivity contribution in [3.05, 3.63) is 33.5 Å². The Morgan fingerprint density at radius 1 is 1.18 bits per heavy atom. The van der Waals surface area contributed by atoms with Gasteiger partial charge in [0.2, 0.25) is 0 Å². The Bertz CT molecular complexity index is 767. The van der Waals surface area contributed by atoms with Crippen LogP contribution in [0.2, 0.25) is 0 Å². The second kappa shape index (κ2) is 8.05. The summed E-state index contributed by atoms with van der Waals surface area (Å²) in [4.78, 5) is 4.31. The molecule has 1 atom stereocenters. The first kappa shape index (κ1) is 23.3. The fraction of sp³-hybridized carbons (Fsp3) is 0.529. The van der Waals surface area contributed by atoms with Gasteiger partial charge in [0.25, 0.3) is 0 Å². The van der Waals surface area contributed by atoms with E-state index in [1.807, 2.05) is 6.92 Å². The molecule has 1 aromatic carbocycles. The van der Waals surface area contributed by atoms with Crippen LogP contribution in [-0.2, 0) is 6.42 Å². The molecule has 28 heavy (non-hydrogen) atoms. The first-order chi connectivity index (χ1) is 12.7. The second-order valence-electron chi connectivity index (χ2n) is 7.09. The number of halogens is 8. The van der Waals surface area contributed by atoms with Gasteiger partial charge in [-0.05, 0) is 48.6 Å². The van der Waals surface area contributed by atoms with E-state index in [-0.39, 0.29) is 22.9 Å². The van der Waals surface area contributed by atoms with Crippen LogP contribution in [0.4, 0.5) is 30.7 Å². The molecular weight excluding hydrogens is 474 g/mol. The van der Waals surface area contributed by atoms with Crippen molar-refractivity contribution in [3.8, 4) is 0 Å². The number of hydrogen-bond acceptors (Lipinski definition) is 2. The van der Waals surface area contributed by atoms with Crippen LogP contribution in [0.1, 0.15) is 37.8 Å². The van der Waals surface area contributed by atoms with Gasteiger partial charge in [-0.2, -0.15) is 26.3 Å². The van der Waals surface area contributed by atoms with Gasteiger partial charge in [-0.1, -0.05) is 35.1 Å². The number of rotatable bonds is 4. The van der Waals surface area contributed by atoms with E-state index < -0.39 is 36.4 Å². The van der Waals surface area contributed by atoms with E-state index in [9.17, 15) is 30.7 Å². The van der Waals surface area contributed by atoms with Crippen LogP contribution in [0.15, 0.2) is 21.5 Å². The maximum absolute atomic E-state index is 14.6. The number of hydrogen-bond donors (Lipinski definition) is 0. The Morgan fingerprint density at radius 2 is 1.75 bits per heavy atom. The average molecular weight is 490 g/mol. The Kier molecular flexibility index (Phi) is 6.70. The van der Waals surface area contributed by atoms with E-state index >= 15 is 0 Å². The van der Waals surface area contributed by atoms with E-state index in [0.29, 0.717) is 25.1 Å². The third-order valence-electron chi connectivity index (χ3n) is 4.99. The van der Waals surface area contributed by atoms with Gasteiger partial charge in [0, 0.05) is 21.7 Å². The SMILES string of the molecule is CC1CC(=S)BN=C1c1cc(F)c(CCC(C)(C(F)(F)F)C(F)(F)F)c(Br)c1. The van der Waals surface area contributed by atoms with E-state index in [1.54, 1.807) is 0 Å². The monoisotopic (exact) mass is 489 g/mol. The van der Waals surface area contributed by atoms with Crippen LogP contribution in [0.25, 0.3) is 0 Å². The Labute approximate surface area is 172 Å². The summed E-state index contributed by atoms with van der Waals surface area (Å²) in [6.07, 6.45) is -12.4. The highest BCUT2D eigenvalue weighted by Crippen LogP contribution is 2.53. The van der Waals surface area contributed by atoms with Gasteiger partial charge in [0.15, 0.2) is 5.41 Å². The Morgan fingerprint density at radius 3 is 2.21 bits per heavy atom. The third-order valence-corrected chi connectivity index (χ3v) is 5.99. The van der Waals surface area contributed by atoms with Crippen molar-refractivity contribution in [2.75, 3.05) is 0 Å². The summed E-state index contributed by atoms with van der Waals surface area (Å²) in [5, 5.41) is 0. The lowest BCUT2D eigenvalue weighted by Crippen LogP contribution is -2.48. The molecule has 0 aliphatic carbocycles. The first-order valence-electron chi connectivity index (χ1n) is 8.35. The number of alkyl halides is 6. The van der Waals surface area contributed by atoms with E-state index in [1.165, 1.54) is 6.07 Å². The first-order valence-corrected chi connectivity index (χ1v) is 9.55. The number of nitrogens with zero attached hydrogens (tertiary/aromatic N) is 1. The van der Waals surface area contributed by atoms with Gasteiger partial charge in [0.05, 0.1) is 0 Å². The fourth-order valence-corrected chi connectivity index (χ4v) is 3.97. The van der Waals surface area contributed by atoms with Crippen molar-refractivity contribution in [2.45, 2.75) is 45.5 Å². The van der Waals surface area contributed by atoms with Crippen molar-refractivity contribution >= 4 is 46.0 Å². The van der Waals surface area contributed by atoms with Gasteiger partial charge >= 0.3 is 19.8 Å². The molecule has 0 N–H and O–H groups in total. The summed E-state index contributed by atoms with van der Waals surface area (Å²) >= 11 is 8.19. The molecule has 0 radical (unpaired) electrons. The number of thiocarbonyl (C=S) groups is 1. The quantitative estimate of drug-likeness (QED) is 0.280. The molecule has 1 aromatic rings. The molecule has 2 rings (SSSR count). The topological polar surface area (TPSA) is 12.4 Å². The summed E-state index contributed by atoms with van der Waals surface area (Å²) < 4.78 is 93.6. The van der Waals surface area contributed by atoms with Crippen LogP contribution in [-0.4, -0.2) is 30.2 Å². The largest absolute Gasteiger partial charge is 0.402 e. The van der Waals surface area contributed by atoms with Gasteiger partial charge in [-0.3, -0.25) is 0 Å². The second-order valence-corrected chi connectivity index (χ2v) is 8.52. The highest BCUT2D eigenvalue weighted by Gasteiger charge is 2.66. The lowest BCUT2D eigenvalue weighted by atomic mass is 9.76. The molecule has 0 aromatic heterocycles. The molecule has 0 spiro atoms. The maximum Gasteiger partial charge on any atom is 0.402 e. The molecule has 0 bridgehead atoms. The standard InChI is InChI=1S/C17H16BBrF7NS/c1-8-5-13(28)18-27-14(8)9-6-11(19)10(12(20)7-9)3-4-15(2,16(21,22)23)17(24,25)26/h6-8,18H,3-5H2,1-2H3. The van der Waals surface area contributed by atoms with Gasteiger partial charge < -0.3 is 4.90 Å². The minimum absolute atomic E-state index is 0.0582. The highest BCUT2D eigenvalue weighted by atomic mass is 79.9. The predicted octanol–water partition coefficient (Wildman–Crippen LogP) is 6.16. The van der Waals surface area contributed by atoms with Crippen LogP contribution in [0.3, 0.4) is 0 Å². The molecule has 1 nitrogen and oxygen atoms in total. The maximum atomic E-state index is 14.6. The summed E-state index contributed by atoms with van der Waals surface area (Å²) in [6, 6.07) is 2.57. The lowest BCUT2D eigenvalue weighted by Gasteiger charge is -2.34. The molecule has 0 saturated heterocycles. The molecule has 0 amide bonds.